The number of phenolic OH excluding ortho intramolecular Hbond substituents is 1. The number of carbonyl (C=O) groups is 1. The minimum atomic E-state index is -1.26. The molecule has 0 bridgehead atoms. The average molecular weight is 678 g/mol. The van der Waals surface area contributed by atoms with Crippen LogP contribution in [0.25, 0.3) is 11.2 Å². The van der Waals surface area contributed by atoms with E-state index in [-0.39, 0.29) is 29.9 Å². The second kappa shape index (κ2) is 14.1. The number of rotatable bonds is 12. The van der Waals surface area contributed by atoms with Gasteiger partial charge >= 0.3 is 5.97 Å². The highest BCUT2D eigenvalue weighted by Crippen LogP contribution is 2.62. The van der Waals surface area contributed by atoms with E-state index in [0.717, 1.165) is 77.0 Å². The third kappa shape index (κ3) is 6.53. The summed E-state index contributed by atoms with van der Waals surface area (Å²) >= 11 is 0. The Bertz CT molecular complexity index is 1630. The molecule has 0 spiro atoms. The van der Waals surface area contributed by atoms with Crippen molar-refractivity contribution >= 4 is 23.0 Å². The van der Waals surface area contributed by atoms with E-state index in [9.17, 15) is 25.2 Å². The minimum absolute atomic E-state index is 0.0116. The normalized spacial score (nSPS) is 33.7. The third-order valence-corrected chi connectivity index (χ3v) is 12.4. The smallest absolute Gasteiger partial charge is 0.305 e. The van der Waals surface area contributed by atoms with Crippen LogP contribution >= 0.6 is 0 Å². The number of imidazole rings is 1. The molecule has 3 heterocycles. The van der Waals surface area contributed by atoms with E-state index in [4.69, 9.17) is 15.2 Å². The highest BCUT2D eigenvalue weighted by atomic mass is 16.6. The van der Waals surface area contributed by atoms with Crippen LogP contribution in [0.5, 0.6) is 5.75 Å². The molecule has 1 saturated heterocycles. The van der Waals surface area contributed by atoms with Crippen LogP contribution in [0, 0.1) is 23.2 Å². The van der Waals surface area contributed by atoms with E-state index in [1.807, 2.05) is 12.1 Å². The Labute approximate surface area is 287 Å². The molecule has 1 aromatic carbocycles. The zero-order valence-electron chi connectivity index (χ0n) is 28.4. The zero-order valence-corrected chi connectivity index (χ0v) is 28.4. The molecule has 12 nitrogen and oxygen atoms in total. The highest BCUT2D eigenvalue weighted by molar-refractivity contribution is 5.81. The van der Waals surface area contributed by atoms with Gasteiger partial charge in [0, 0.05) is 6.42 Å². The van der Waals surface area contributed by atoms with E-state index < -0.39 is 24.5 Å². The van der Waals surface area contributed by atoms with Crippen molar-refractivity contribution in [1.29, 1.82) is 0 Å². The fraction of sp³-hybridized carbons (Fsp3) is 0.676. The molecule has 3 aromatic rings. The average Bonchev–Trinajstić information content (AvgIpc) is 3.73. The third-order valence-electron chi connectivity index (χ3n) is 12.4. The SMILES string of the molecule is C[C@]12CCC3c4ccc(O)cc4CCC3C1C[C@H](CCCCCCCCC(=O)OCC1OC(n3cnc4c(N)ncnc43)C(O)C1O)[C@@H]2O. The molecule has 3 aliphatic carbocycles. The first-order valence-electron chi connectivity index (χ1n) is 18.3. The maximum atomic E-state index is 12.4. The zero-order chi connectivity index (χ0) is 34.3. The fourth-order valence-corrected chi connectivity index (χ4v) is 9.78. The number of nitrogens with zero attached hydrogens (tertiary/aromatic N) is 4. The van der Waals surface area contributed by atoms with E-state index in [1.165, 1.54) is 28.3 Å². The fourth-order valence-electron chi connectivity index (χ4n) is 9.78. The molecule has 7 unspecified atom stereocenters. The van der Waals surface area contributed by atoms with Crippen molar-refractivity contribution in [3.05, 3.63) is 42.0 Å². The second-order valence-corrected chi connectivity index (χ2v) is 15.3. The molecule has 12 heteroatoms. The Morgan fingerprint density at radius 1 is 1.06 bits per heavy atom. The van der Waals surface area contributed by atoms with Crippen LogP contribution in [0.15, 0.2) is 30.9 Å². The second-order valence-electron chi connectivity index (χ2n) is 15.3. The van der Waals surface area contributed by atoms with Crippen molar-refractivity contribution in [3.63, 3.8) is 0 Å². The van der Waals surface area contributed by atoms with Crippen LogP contribution in [0.1, 0.15) is 107 Å². The van der Waals surface area contributed by atoms with E-state index >= 15 is 0 Å². The predicted octanol–water partition coefficient (Wildman–Crippen LogP) is 4.54. The van der Waals surface area contributed by atoms with Gasteiger partial charge in [0.2, 0.25) is 0 Å². The van der Waals surface area contributed by atoms with E-state index in [2.05, 4.69) is 27.9 Å². The molecule has 4 aliphatic rings. The number of phenols is 1. The van der Waals surface area contributed by atoms with Gasteiger partial charge in [-0.1, -0.05) is 45.1 Å². The molecule has 0 amide bonds. The maximum Gasteiger partial charge on any atom is 0.305 e. The van der Waals surface area contributed by atoms with Gasteiger partial charge in [0.1, 0.15) is 42.5 Å². The van der Waals surface area contributed by atoms with Crippen LogP contribution in [-0.4, -0.2) is 76.9 Å². The first-order valence-corrected chi connectivity index (χ1v) is 18.3. The van der Waals surface area contributed by atoms with Gasteiger partial charge in [-0.15, -0.1) is 0 Å². The summed E-state index contributed by atoms with van der Waals surface area (Å²) in [6.07, 6.45) is 11.1. The van der Waals surface area contributed by atoms with Crippen molar-refractivity contribution in [2.75, 3.05) is 12.3 Å². The largest absolute Gasteiger partial charge is 0.508 e. The summed E-state index contributed by atoms with van der Waals surface area (Å²) in [4.78, 5) is 24.7. The molecule has 266 valence electrons. The minimum Gasteiger partial charge on any atom is -0.508 e. The van der Waals surface area contributed by atoms with Crippen molar-refractivity contribution in [2.45, 2.75) is 127 Å². The highest BCUT2D eigenvalue weighted by Gasteiger charge is 2.57. The van der Waals surface area contributed by atoms with Crippen molar-refractivity contribution in [2.24, 2.45) is 23.2 Å². The number of benzene rings is 1. The molecule has 10 atom stereocenters. The first kappa shape index (κ1) is 34.1. The van der Waals surface area contributed by atoms with Crippen molar-refractivity contribution in [3.8, 4) is 5.75 Å². The maximum absolute atomic E-state index is 12.4. The number of unbranched alkanes of at least 4 members (excludes halogenated alkanes) is 5. The van der Waals surface area contributed by atoms with E-state index in [1.54, 1.807) is 0 Å². The number of aromatic hydroxyl groups is 1. The van der Waals surface area contributed by atoms with Gasteiger partial charge < -0.3 is 35.6 Å². The number of ether oxygens (including phenoxy) is 2. The summed E-state index contributed by atoms with van der Waals surface area (Å²) in [5, 5.41) is 42.6. The van der Waals surface area contributed by atoms with Crippen LogP contribution in [-0.2, 0) is 20.7 Å². The number of anilines is 1. The monoisotopic (exact) mass is 677 g/mol. The number of aliphatic hydroxyl groups is 3. The number of aryl methyl sites for hydroxylation is 1. The molecule has 1 aliphatic heterocycles. The predicted molar refractivity (Wildman–Crippen MR) is 181 cm³/mol. The molecular formula is C37H51N5O7. The van der Waals surface area contributed by atoms with Crippen LogP contribution < -0.4 is 5.73 Å². The lowest BCUT2D eigenvalue weighted by molar-refractivity contribution is -0.150. The number of aromatic nitrogens is 4. The van der Waals surface area contributed by atoms with Crippen molar-refractivity contribution in [1.82, 2.24) is 19.5 Å². The molecule has 2 saturated carbocycles. The Morgan fingerprint density at radius 3 is 2.69 bits per heavy atom. The number of hydrogen-bond acceptors (Lipinski definition) is 11. The number of esters is 1. The lowest BCUT2D eigenvalue weighted by Crippen LogP contribution is -2.44. The molecular weight excluding hydrogens is 626 g/mol. The summed E-state index contributed by atoms with van der Waals surface area (Å²) < 4.78 is 12.7. The molecule has 7 rings (SSSR count). The van der Waals surface area contributed by atoms with Gasteiger partial charge in [0.25, 0.3) is 0 Å². The number of carbonyl (C=O) groups excluding carboxylic acids is 1. The lowest BCUT2D eigenvalue weighted by Gasteiger charge is -2.50. The standard InChI is InChI=1S/C37H51N5O7/c1-37-15-14-25-24-13-11-23(43)16-21(24)10-12-26(25)27(37)17-22(33(37)47)8-6-4-2-3-5-7-9-29(44)48-18-28-31(45)32(46)36(49-28)42-20-41-30-34(38)39-19-40-35(30)42/h11,13,16,19-20,22,25-28,31-33,36,43,45-47H,2-10,12,14-15,17-18H2,1H3,(H2,38,39,40)/t22-,25?,26?,27?,28?,31?,32?,33-,36?,37-/m0/s1. The Balaban J connectivity index is 0.783. The van der Waals surface area contributed by atoms with Gasteiger partial charge in [0.15, 0.2) is 17.7 Å². The molecule has 6 N–H and O–H groups in total. The Kier molecular flexibility index (Phi) is 9.84. The number of hydrogen-bond donors (Lipinski definition) is 5. The number of aliphatic hydroxyl groups excluding tert-OH is 3. The van der Waals surface area contributed by atoms with Crippen molar-refractivity contribution < 1.29 is 34.7 Å². The Morgan fingerprint density at radius 2 is 1.86 bits per heavy atom. The van der Waals surface area contributed by atoms with Gasteiger partial charge in [-0.3, -0.25) is 9.36 Å². The first-order chi connectivity index (χ1) is 23.7. The summed E-state index contributed by atoms with van der Waals surface area (Å²) in [5.74, 6) is 2.33. The van der Waals surface area contributed by atoms with Crippen LogP contribution in [0.2, 0.25) is 0 Å². The molecule has 3 fully saturated rings. The van der Waals surface area contributed by atoms with Gasteiger partial charge in [0.05, 0.1) is 12.4 Å². The number of fused-ring (bicyclic) bond motifs is 6. The topological polar surface area (TPSA) is 186 Å². The van der Waals surface area contributed by atoms with Crippen LogP contribution in [0.3, 0.4) is 0 Å². The quantitative estimate of drug-likeness (QED) is 0.134. The summed E-state index contributed by atoms with van der Waals surface area (Å²) in [5.41, 5.74) is 9.35. The summed E-state index contributed by atoms with van der Waals surface area (Å²) in [7, 11) is 0. The van der Waals surface area contributed by atoms with Gasteiger partial charge in [-0.25, -0.2) is 15.0 Å². The summed E-state index contributed by atoms with van der Waals surface area (Å²) in [6.45, 7) is 2.18. The Hall–Kier alpha value is -3.32. The number of nitrogen functional groups attached to an aromatic ring is 1. The van der Waals surface area contributed by atoms with Gasteiger partial charge in [-0.2, -0.15) is 0 Å². The lowest BCUT2D eigenvalue weighted by atomic mass is 9.55. The van der Waals surface area contributed by atoms with Gasteiger partial charge in [-0.05, 0) is 97.3 Å². The number of nitrogens with two attached hydrogens (primary N) is 1. The molecule has 2 aromatic heterocycles. The van der Waals surface area contributed by atoms with Crippen LogP contribution in [0.4, 0.5) is 5.82 Å². The van der Waals surface area contributed by atoms with E-state index in [0.29, 0.717) is 47.0 Å². The molecule has 0 radical (unpaired) electrons. The summed E-state index contributed by atoms with van der Waals surface area (Å²) in [6, 6.07) is 5.94. The molecule has 49 heavy (non-hydrogen) atoms.